The number of aliphatic carboxylic acids is 1. The van der Waals surface area contributed by atoms with E-state index in [9.17, 15) is 9.90 Å². The quantitative estimate of drug-likeness (QED) is 0.278. The number of nitrogens with two attached hydrogens (primary N) is 1. The molecule has 0 aromatic heterocycles. The predicted octanol–water partition coefficient (Wildman–Crippen LogP) is 1.09. The summed E-state index contributed by atoms with van der Waals surface area (Å²) >= 11 is 0. The minimum atomic E-state index is -1.35. The summed E-state index contributed by atoms with van der Waals surface area (Å²) in [5, 5.41) is 30.7. The van der Waals surface area contributed by atoms with Crippen molar-refractivity contribution >= 4 is 13.1 Å². The molecule has 144 valence electrons. The molecule has 1 unspecified atom stereocenters. The van der Waals surface area contributed by atoms with E-state index in [0.717, 1.165) is 18.6 Å². The maximum atomic E-state index is 11.6. The van der Waals surface area contributed by atoms with E-state index in [1.165, 1.54) is 5.56 Å². The average molecular weight is 364 g/mol. The van der Waals surface area contributed by atoms with Crippen molar-refractivity contribution < 1.29 is 24.7 Å². The topological polar surface area (TPSA) is 125 Å². The molecule has 26 heavy (non-hydrogen) atoms. The second-order valence-corrected chi connectivity index (χ2v) is 7.18. The van der Waals surface area contributed by atoms with Gasteiger partial charge in [0, 0.05) is 5.54 Å². The Kier molecular flexibility index (Phi) is 7.05. The van der Waals surface area contributed by atoms with Crippen molar-refractivity contribution in [2.75, 3.05) is 13.7 Å². The van der Waals surface area contributed by atoms with Gasteiger partial charge in [-0.1, -0.05) is 25.0 Å². The lowest BCUT2D eigenvalue weighted by Crippen LogP contribution is -2.50. The summed E-state index contributed by atoms with van der Waals surface area (Å²) in [7, 11) is 0.279. The molecule has 1 fully saturated rings. The monoisotopic (exact) mass is 364 g/mol. The number of benzene rings is 1. The Balaban J connectivity index is 1.85. The lowest BCUT2D eigenvalue weighted by Gasteiger charge is -2.27. The first-order chi connectivity index (χ1) is 12.3. The molecule has 8 heteroatoms. The molecule has 0 bridgehead atoms. The Bertz CT molecular complexity index is 592. The van der Waals surface area contributed by atoms with Gasteiger partial charge in [-0.05, 0) is 56.2 Å². The highest BCUT2D eigenvalue weighted by molar-refractivity contribution is 6.40. The van der Waals surface area contributed by atoms with Gasteiger partial charge in [0.05, 0.1) is 7.11 Å². The van der Waals surface area contributed by atoms with E-state index in [-0.39, 0.29) is 11.9 Å². The van der Waals surface area contributed by atoms with Crippen LogP contribution in [0.25, 0.3) is 0 Å². The Morgan fingerprint density at radius 2 is 1.92 bits per heavy atom. The molecule has 1 saturated carbocycles. The largest absolute Gasteiger partial charge is 0.497 e. The van der Waals surface area contributed by atoms with E-state index in [1.807, 2.05) is 24.3 Å². The Morgan fingerprint density at radius 3 is 2.42 bits per heavy atom. The molecule has 7 nitrogen and oxygen atoms in total. The van der Waals surface area contributed by atoms with Gasteiger partial charge in [0.2, 0.25) is 0 Å². The van der Waals surface area contributed by atoms with Crippen molar-refractivity contribution in [3.8, 4) is 5.75 Å². The van der Waals surface area contributed by atoms with E-state index in [2.05, 4.69) is 5.32 Å². The van der Waals surface area contributed by atoms with Crippen molar-refractivity contribution in [1.29, 1.82) is 0 Å². The number of hydrogen-bond acceptors (Lipinski definition) is 6. The van der Waals surface area contributed by atoms with Crippen LogP contribution >= 0.6 is 0 Å². The zero-order valence-corrected chi connectivity index (χ0v) is 15.3. The third kappa shape index (κ3) is 5.44. The molecule has 0 aliphatic heterocycles. The van der Waals surface area contributed by atoms with E-state index in [1.54, 1.807) is 7.11 Å². The molecule has 1 aromatic rings. The molecule has 2 rings (SSSR count). The summed E-state index contributed by atoms with van der Waals surface area (Å²) in [5.41, 5.74) is 5.88. The summed E-state index contributed by atoms with van der Waals surface area (Å²) in [6, 6.07) is 7.92. The van der Waals surface area contributed by atoms with Gasteiger partial charge >= 0.3 is 13.1 Å². The van der Waals surface area contributed by atoms with E-state index in [4.69, 9.17) is 20.5 Å². The average Bonchev–Trinajstić information content (AvgIpc) is 3.39. The number of nitrogens with one attached hydrogen (secondary N) is 1. The molecule has 6 N–H and O–H groups in total. The lowest BCUT2D eigenvalue weighted by atomic mass is 9.81. The Labute approximate surface area is 154 Å². The van der Waals surface area contributed by atoms with Gasteiger partial charge in [0.1, 0.15) is 11.3 Å². The summed E-state index contributed by atoms with van der Waals surface area (Å²) < 4.78 is 5.18. The highest BCUT2D eigenvalue weighted by Crippen LogP contribution is 2.45. The smallest absolute Gasteiger partial charge is 0.451 e. The fourth-order valence-electron chi connectivity index (χ4n) is 3.23. The summed E-state index contributed by atoms with van der Waals surface area (Å²) in [6.07, 6.45) is 3.97. The minimum absolute atomic E-state index is 0.0906. The van der Waals surface area contributed by atoms with Gasteiger partial charge in [-0.25, -0.2) is 0 Å². The summed E-state index contributed by atoms with van der Waals surface area (Å²) in [6.45, 7) is 0.511. The minimum Gasteiger partial charge on any atom is -0.497 e. The molecule has 0 amide bonds. The molecule has 1 aliphatic rings. The number of carbonyl (C=O) groups is 1. The van der Waals surface area contributed by atoms with Gasteiger partial charge < -0.3 is 30.9 Å². The molecule has 1 atom stereocenters. The van der Waals surface area contributed by atoms with Crippen LogP contribution < -0.4 is 15.8 Å². The van der Waals surface area contributed by atoms with Crippen LogP contribution in [-0.4, -0.2) is 47.4 Å². The van der Waals surface area contributed by atoms with E-state index in [0.29, 0.717) is 32.2 Å². The predicted molar refractivity (Wildman–Crippen MR) is 99.9 cm³/mol. The molecule has 0 spiro atoms. The molecule has 0 heterocycles. The third-order valence-corrected chi connectivity index (χ3v) is 5.19. The molecular formula is C18H29BN2O5. The SMILES string of the molecule is COc1ccc(C2(NCCC(N)(CCCCB(O)O)C(=O)O)CC2)cc1. The zero-order chi connectivity index (χ0) is 19.2. The first-order valence-corrected chi connectivity index (χ1v) is 9.09. The van der Waals surface area contributed by atoms with Crippen molar-refractivity contribution in [3.05, 3.63) is 29.8 Å². The van der Waals surface area contributed by atoms with Crippen LogP contribution in [0.4, 0.5) is 0 Å². The van der Waals surface area contributed by atoms with Gasteiger partial charge in [0.25, 0.3) is 0 Å². The number of methoxy groups -OCH3 is 1. The van der Waals surface area contributed by atoms with Crippen molar-refractivity contribution in [1.82, 2.24) is 5.32 Å². The van der Waals surface area contributed by atoms with Gasteiger partial charge in [-0.2, -0.15) is 0 Å². The molecule has 1 aromatic carbocycles. The van der Waals surface area contributed by atoms with E-state index < -0.39 is 18.6 Å². The number of hydrogen-bond donors (Lipinski definition) is 5. The first-order valence-electron chi connectivity index (χ1n) is 9.09. The second kappa shape index (κ2) is 8.86. The summed E-state index contributed by atoms with van der Waals surface area (Å²) in [5.74, 6) is -0.206. The normalized spacial score (nSPS) is 17.4. The molecule has 0 saturated heterocycles. The molecule has 0 radical (unpaired) electrons. The van der Waals surface area contributed by atoms with Crippen LogP contribution in [0.2, 0.25) is 6.32 Å². The molecular weight excluding hydrogens is 335 g/mol. The fourth-order valence-corrected chi connectivity index (χ4v) is 3.23. The number of carboxylic acids is 1. The number of ether oxygens (including phenoxy) is 1. The van der Waals surface area contributed by atoms with Crippen LogP contribution in [0, 0.1) is 0 Å². The van der Waals surface area contributed by atoms with Crippen molar-refractivity contribution in [2.24, 2.45) is 5.73 Å². The van der Waals surface area contributed by atoms with Crippen LogP contribution in [0.5, 0.6) is 5.75 Å². The maximum absolute atomic E-state index is 11.6. The first kappa shape index (κ1) is 20.7. The third-order valence-electron chi connectivity index (χ3n) is 5.19. The highest BCUT2D eigenvalue weighted by Gasteiger charge is 2.44. The van der Waals surface area contributed by atoms with E-state index >= 15 is 0 Å². The van der Waals surface area contributed by atoms with Crippen LogP contribution in [0.1, 0.15) is 44.1 Å². The number of carboxylic acid groups (broad SMARTS) is 1. The van der Waals surface area contributed by atoms with Gasteiger partial charge in [0.15, 0.2) is 0 Å². The van der Waals surface area contributed by atoms with Crippen molar-refractivity contribution in [2.45, 2.75) is 55.9 Å². The van der Waals surface area contributed by atoms with Crippen LogP contribution in [0.15, 0.2) is 24.3 Å². The molecule has 1 aliphatic carbocycles. The maximum Gasteiger partial charge on any atom is 0.451 e. The fraction of sp³-hybridized carbons (Fsp3) is 0.611. The zero-order valence-electron chi connectivity index (χ0n) is 15.3. The lowest BCUT2D eigenvalue weighted by molar-refractivity contribution is -0.144. The Morgan fingerprint density at radius 1 is 1.27 bits per heavy atom. The van der Waals surface area contributed by atoms with Crippen LogP contribution in [-0.2, 0) is 10.3 Å². The number of unbranched alkanes of at least 4 members (excludes halogenated alkanes) is 1. The highest BCUT2D eigenvalue weighted by atomic mass is 16.5. The van der Waals surface area contributed by atoms with Gasteiger partial charge in [-0.15, -0.1) is 0 Å². The Hall–Kier alpha value is -1.61. The number of rotatable bonds is 12. The standard InChI is InChI=1S/C18H29BN2O5/c1-26-15-6-4-14(5-7-15)18(9-10-18)21-13-11-17(20,16(22)23)8-2-3-12-19(24)25/h4-7,21,24-25H,2-3,8-13,20H2,1H3,(H,22,23). The summed E-state index contributed by atoms with van der Waals surface area (Å²) in [4.78, 5) is 11.6. The van der Waals surface area contributed by atoms with Crippen LogP contribution in [0.3, 0.4) is 0 Å². The van der Waals surface area contributed by atoms with Crippen molar-refractivity contribution in [3.63, 3.8) is 0 Å². The second-order valence-electron chi connectivity index (χ2n) is 7.18. The van der Waals surface area contributed by atoms with Gasteiger partial charge in [-0.3, -0.25) is 4.79 Å².